The molecular weight excluding hydrogens is 268 g/mol. The topological polar surface area (TPSA) is 59.5 Å². The maximum atomic E-state index is 12.4. The molecule has 1 aromatic rings. The van der Waals surface area contributed by atoms with Crippen molar-refractivity contribution in [1.82, 2.24) is 9.88 Å². The largest absolute Gasteiger partial charge is 0.464 e. The van der Waals surface area contributed by atoms with Crippen LogP contribution in [0.5, 0.6) is 0 Å². The van der Waals surface area contributed by atoms with Gasteiger partial charge in [0.2, 0.25) is 0 Å². The van der Waals surface area contributed by atoms with Gasteiger partial charge in [-0.25, -0.2) is 4.79 Å². The van der Waals surface area contributed by atoms with E-state index in [1.54, 1.807) is 29.3 Å². The van der Waals surface area contributed by atoms with Gasteiger partial charge in [-0.05, 0) is 43.2 Å². The molecular formula is C16H20N2O3. The lowest BCUT2D eigenvalue weighted by molar-refractivity contribution is -0.148. The van der Waals surface area contributed by atoms with Crippen LogP contribution in [0.3, 0.4) is 0 Å². The van der Waals surface area contributed by atoms with Crippen LogP contribution >= 0.6 is 0 Å². The van der Waals surface area contributed by atoms with E-state index in [1.807, 2.05) is 0 Å². The van der Waals surface area contributed by atoms with Gasteiger partial charge in [-0.15, -0.1) is 0 Å². The molecule has 0 unspecified atom stereocenters. The highest BCUT2D eigenvalue weighted by Crippen LogP contribution is 2.37. The van der Waals surface area contributed by atoms with Crippen LogP contribution in [0, 0.1) is 11.8 Å². The van der Waals surface area contributed by atoms with Gasteiger partial charge in [0.25, 0.3) is 5.91 Å². The molecule has 0 aromatic carbocycles. The minimum atomic E-state index is -0.450. The average molecular weight is 288 g/mol. The summed E-state index contributed by atoms with van der Waals surface area (Å²) in [4.78, 5) is 30.3. The van der Waals surface area contributed by atoms with Crippen molar-refractivity contribution in [2.75, 3.05) is 13.2 Å². The number of aromatic nitrogens is 1. The first-order chi connectivity index (χ1) is 10.2. The number of hydrogen-bond acceptors (Lipinski definition) is 4. The number of pyridine rings is 1. The van der Waals surface area contributed by atoms with Crippen LogP contribution in [0.2, 0.25) is 0 Å². The van der Waals surface area contributed by atoms with Crippen LogP contribution in [-0.4, -0.2) is 41.0 Å². The number of carbonyl (C=O) groups is 2. The lowest BCUT2D eigenvalue weighted by Crippen LogP contribution is -2.41. The van der Waals surface area contributed by atoms with Crippen molar-refractivity contribution in [1.29, 1.82) is 0 Å². The van der Waals surface area contributed by atoms with Crippen LogP contribution in [0.1, 0.15) is 36.7 Å². The number of hydrogen-bond donors (Lipinski definition) is 0. The summed E-state index contributed by atoms with van der Waals surface area (Å²) in [6, 6.07) is 4.77. The predicted octanol–water partition coefficient (Wildman–Crippen LogP) is 1.89. The van der Waals surface area contributed by atoms with Crippen LogP contribution < -0.4 is 0 Å². The van der Waals surface area contributed by atoms with Gasteiger partial charge in [0.15, 0.2) is 0 Å². The Kier molecular flexibility index (Phi) is 3.90. The third-order valence-electron chi connectivity index (χ3n) is 4.39. The molecule has 1 aliphatic carbocycles. The van der Waals surface area contributed by atoms with E-state index in [9.17, 15) is 9.59 Å². The van der Waals surface area contributed by atoms with E-state index in [4.69, 9.17) is 4.74 Å². The van der Waals surface area contributed by atoms with Gasteiger partial charge in [0.05, 0.1) is 6.61 Å². The standard InChI is InChI=1S/C16H20N2O3/c1-11-9-12(11)10-21-16(20)14-6-4-8-18(14)15(19)13-5-2-3-7-17-13/h2-3,5,7,11-12,14H,4,6,8-10H2,1H3/t11-,12+,14-/m0/s1. The van der Waals surface area contributed by atoms with Gasteiger partial charge in [-0.2, -0.15) is 0 Å². The van der Waals surface area contributed by atoms with E-state index in [0.29, 0.717) is 37.1 Å². The normalized spacial score (nSPS) is 27.5. The van der Waals surface area contributed by atoms with Gasteiger partial charge >= 0.3 is 5.97 Å². The van der Waals surface area contributed by atoms with Crippen LogP contribution in [0.4, 0.5) is 0 Å². The third kappa shape index (κ3) is 3.06. The smallest absolute Gasteiger partial charge is 0.328 e. The Morgan fingerprint density at radius 3 is 2.90 bits per heavy atom. The van der Waals surface area contributed by atoms with Crippen molar-refractivity contribution >= 4 is 11.9 Å². The maximum absolute atomic E-state index is 12.4. The second-order valence-electron chi connectivity index (χ2n) is 5.97. The van der Waals surface area contributed by atoms with E-state index in [1.165, 1.54) is 0 Å². The number of ether oxygens (including phenoxy) is 1. The van der Waals surface area contributed by atoms with Crippen molar-refractivity contribution in [3.8, 4) is 0 Å². The number of nitrogens with zero attached hydrogens (tertiary/aromatic N) is 2. The van der Waals surface area contributed by atoms with Gasteiger partial charge in [-0.1, -0.05) is 13.0 Å². The fraction of sp³-hybridized carbons (Fsp3) is 0.562. The molecule has 0 bridgehead atoms. The molecule has 0 radical (unpaired) electrons. The Labute approximate surface area is 124 Å². The Bertz CT molecular complexity index is 532. The number of amides is 1. The predicted molar refractivity (Wildman–Crippen MR) is 76.5 cm³/mol. The van der Waals surface area contributed by atoms with Crippen molar-refractivity contribution in [3.63, 3.8) is 0 Å². The second-order valence-corrected chi connectivity index (χ2v) is 5.97. The molecule has 5 nitrogen and oxygen atoms in total. The highest BCUT2D eigenvalue weighted by Gasteiger charge is 2.38. The van der Waals surface area contributed by atoms with E-state index in [2.05, 4.69) is 11.9 Å². The molecule has 0 spiro atoms. The third-order valence-corrected chi connectivity index (χ3v) is 4.39. The van der Waals surface area contributed by atoms with Crippen molar-refractivity contribution < 1.29 is 14.3 Å². The summed E-state index contributed by atoms with van der Waals surface area (Å²) in [5.74, 6) is 0.716. The lowest BCUT2D eigenvalue weighted by atomic mass is 10.2. The Morgan fingerprint density at radius 2 is 2.24 bits per heavy atom. The van der Waals surface area contributed by atoms with Gasteiger partial charge < -0.3 is 9.64 Å². The molecule has 1 amide bonds. The van der Waals surface area contributed by atoms with Crippen molar-refractivity contribution in [2.24, 2.45) is 11.8 Å². The minimum absolute atomic E-state index is 0.185. The van der Waals surface area contributed by atoms with E-state index in [0.717, 1.165) is 12.8 Å². The molecule has 1 saturated heterocycles. The van der Waals surface area contributed by atoms with Gasteiger partial charge in [-0.3, -0.25) is 9.78 Å². The summed E-state index contributed by atoms with van der Waals surface area (Å²) < 4.78 is 5.38. The zero-order valence-corrected chi connectivity index (χ0v) is 12.2. The summed E-state index contributed by atoms with van der Waals surface area (Å²) in [6.07, 6.45) is 4.23. The molecule has 21 heavy (non-hydrogen) atoms. The molecule has 0 N–H and O–H groups in total. The number of rotatable bonds is 4. The number of esters is 1. The molecule has 2 fully saturated rings. The van der Waals surface area contributed by atoms with Crippen molar-refractivity contribution in [3.05, 3.63) is 30.1 Å². The fourth-order valence-electron chi connectivity index (χ4n) is 2.81. The van der Waals surface area contributed by atoms with E-state index in [-0.39, 0.29) is 11.9 Å². The summed E-state index contributed by atoms with van der Waals surface area (Å²) in [7, 11) is 0. The number of likely N-dealkylation sites (tertiary alicyclic amines) is 1. The zero-order valence-electron chi connectivity index (χ0n) is 12.2. The fourth-order valence-corrected chi connectivity index (χ4v) is 2.81. The monoisotopic (exact) mass is 288 g/mol. The Morgan fingerprint density at radius 1 is 1.43 bits per heavy atom. The average Bonchev–Trinajstić information content (AvgIpc) is 3.02. The molecule has 2 heterocycles. The Balaban J connectivity index is 1.62. The molecule has 3 rings (SSSR count). The van der Waals surface area contributed by atoms with Crippen LogP contribution in [0.25, 0.3) is 0 Å². The first-order valence-corrected chi connectivity index (χ1v) is 7.55. The van der Waals surface area contributed by atoms with E-state index < -0.39 is 6.04 Å². The summed E-state index contributed by atoms with van der Waals surface area (Å²) in [6.45, 7) is 3.24. The zero-order chi connectivity index (χ0) is 14.8. The minimum Gasteiger partial charge on any atom is -0.464 e. The molecule has 1 aromatic heterocycles. The highest BCUT2D eigenvalue weighted by atomic mass is 16.5. The summed E-state index contributed by atoms with van der Waals surface area (Å²) in [5, 5.41) is 0. The summed E-state index contributed by atoms with van der Waals surface area (Å²) in [5.41, 5.74) is 0.382. The SMILES string of the molecule is C[C@H]1C[C@@H]1COC(=O)[C@@H]1CCCN1C(=O)c1ccccn1. The molecule has 1 aliphatic heterocycles. The van der Waals surface area contributed by atoms with Gasteiger partial charge in [0, 0.05) is 12.7 Å². The second kappa shape index (κ2) is 5.84. The molecule has 3 atom stereocenters. The van der Waals surface area contributed by atoms with Crippen molar-refractivity contribution in [2.45, 2.75) is 32.2 Å². The molecule has 1 saturated carbocycles. The van der Waals surface area contributed by atoms with Gasteiger partial charge in [0.1, 0.15) is 11.7 Å². The summed E-state index contributed by atoms with van der Waals surface area (Å²) >= 11 is 0. The van der Waals surface area contributed by atoms with E-state index >= 15 is 0 Å². The molecule has 5 heteroatoms. The molecule has 112 valence electrons. The first-order valence-electron chi connectivity index (χ1n) is 7.55. The quantitative estimate of drug-likeness (QED) is 0.794. The lowest BCUT2D eigenvalue weighted by Gasteiger charge is -2.22. The highest BCUT2D eigenvalue weighted by molar-refractivity contribution is 5.95. The first kappa shape index (κ1) is 14.0. The number of carbonyl (C=O) groups excluding carboxylic acids is 2. The molecule has 2 aliphatic rings. The Hall–Kier alpha value is -1.91. The van der Waals surface area contributed by atoms with Crippen LogP contribution in [-0.2, 0) is 9.53 Å². The maximum Gasteiger partial charge on any atom is 0.328 e. The van der Waals surface area contributed by atoms with Crippen LogP contribution in [0.15, 0.2) is 24.4 Å².